The van der Waals surface area contributed by atoms with Crippen molar-refractivity contribution in [1.29, 1.82) is 0 Å². The molecule has 1 unspecified atom stereocenters. The van der Waals surface area contributed by atoms with Gasteiger partial charge in [0.05, 0.1) is 5.52 Å². The molecule has 112 valence electrons. The van der Waals surface area contributed by atoms with Crippen LogP contribution in [0.15, 0.2) is 24.4 Å². The van der Waals surface area contributed by atoms with Crippen LogP contribution in [0.25, 0.3) is 10.9 Å². The van der Waals surface area contributed by atoms with Crippen molar-refractivity contribution in [2.24, 2.45) is 11.8 Å². The zero-order chi connectivity index (χ0) is 15.0. The van der Waals surface area contributed by atoms with Crippen LogP contribution in [0.5, 0.6) is 0 Å². The van der Waals surface area contributed by atoms with Gasteiger partial charge >= 0.3 is 0 Å². The summed E-state index contributed by atoms with van der Waals surface area (Å²) in [6, 6.07) is 6.20. The van der Waals surface area contributed by atoms with Gasteiger partial charge in [0, 0.05) is 29.2 Å². The van der Waals surface area contributed by atoms with Gasteiger partial charge in [0.2, 0.25) is 5.91 Å². The Morgan fingerprint density at radius 2 is 2.14 bits per heavy atom. The van der Waals surface area contributed by atoms with Crippen LogP contribution in [0.3, 0.4) is 0 Å². The summed E-state index contributed by atoms with van der Waals surface area (Å²) in [4.78, 5) is 12.2. The summed E-state index contributed by atoms with van der Waals surface area (Å²) < 4.78 is 1.94. The molecule has 5 nitrogen and oxygen atoms in total. The van der Waals surface area contributed by atoms with E-state index in [-0.39, 0.29) is 11.8 Å². The van der Waals surface area contributed by atoms with E-state index in [1.807, 2.05) is 36.0 Å². The lowest BCUT2D eigenvalue weighted by Crippen LogP contribution is -2.48. The molecule has 2 N–H and O–H groups in total. The molecule has 21 heavy (non-hydrogen) atoms. The predicted molar refractivity (Wildman–Crippen MR) is 84.3 cm³/mol. The third kappa shape index (κ3) is 2.78. The molecule has 1 atom stereocenters. The maximum atomic E-state index is 12.2. The quantitative estimate of drug-likeness (QED) is 0.907. The van der Waals surface area contributed by atoms with E-state index < -0.39 is 0 Å². The van der Waals surface area contributed by atoms with E-state index in [9.17, 15) is 4.79 Å². The molecule has 1 aromatic heterocycles. The fourth-order valence-electron chi connectivity index (χ4n) is 2.52. The second-order valence-corrected chi connectivity index (χ2v) is 6.17. The second kappa shape index (κ2) is 5.48. The summed E-state index contributed by atoms with van der Waals surface area (Å²) in [5.41, 5.74) is 1.80. The van der Waals surface area contributed by atoms with Crippen molar-refractivity contribution in [3.05, 3.63) is 24.4 Å². The summed E-state index contributed by atoms with van der Waals surface area (Å²) in [6.45, 7) is 8.07. The van der Waals surface area contributed by atoms with E-state index in [1.165, 1.54) is 0 Å². The number of benzene rings is 1. The van der Waals surface area contributed by atoms with Crippen molar-refractivity contribution in [1.82, 2.24) is 15.1 Å². The number of carbonyl (C=O) groups is 1. The maximum absolute atomic E-state index is 12.2. The Labute approximate surface area is 124 Å². The number of carbonyl (C=O) groups excluding carboxylic acids is 1. The first kappa shape index (κ1) is 14.1. The molecule has 5 heteroatoms. The number of nitrogens with zero attached hydrogens (tertiary/aromatic N) is 2. The number of hydrogen-bond donors (Lipinski definition) is 2. The van der Waals surface area contributed by atoms with E-state index in [0.29, 0.717) is 12.0 Å². The van der Waals surface area contributed by atoms with E-state index in [2.05, 4.69) is 29.6 Å². The van der Waals surface area contributed by atoms with Crippen molar-refractivity contribution in [3.63, 3.8) is 0 Å². The highest BCUT2D eigenvalue weighted by molar-refractivity contribution is 5.95. The molecule has 0 spiro atoms. The molecule has 0 radical (unpaired) electrons. The molecule has 1 aliphatic rings. The normalized spacial score (nSPS) is 17.0. The van der Waals surface area contributed by atoms with E-state index in [1.54, 1.807) is 0 Å². The molecule has 0 saturated carbocycles. The third-order valence-corrected chi connectivity index (χ3v) is 4.25. The maximum Gasteiger partial charge on any atom is 0.227 e. The first-order valence-corrected chi connectivity index (χ1v) is 7.55. The molecule has 0 bridgehead atoms. The Morgan fingerprint density at radius 3 is 2.76 bits per heavy atom. The number of rotatable bonds is 4. The van der Waals surface area contributed by atoms with E-state index in [0.717, 1.165) is 29.7 Å². The van der Waals surface area contributed by atoms with Crippen molar-refractivity contribution < 1.29 is 4.79 Å². The van der Waals surface area contributed by atoms with Gasteiger partial charge in [0.1, 0.15) is 0 Å². The van der Waals surface area contributed by atoms with Gasteiger partial charge in [-0.05, 0) is 51.1 Å². The van der Waals surface area contributed by atoms with Gasteiger partial charge < -0.3 is 10.6 Å². The zero-order valence-corrected chi connectivity index (χ0v) is 12.8. The minimum absolute atomic E-state index is 0.0420. The van der Waals surface area contributed by atoms with Crippen molar-refractivity contribution in [2.45, 2.75) is 26.8 Å². The number of aromatic nitrogens is 2. The van der Waals surface area contributed by atoms with Crippen molar-refractivity contribution >= 4 is 22.5 Å². The summed E-state index contributed by atoms with van der Waals surface area (Å²) >= 11 is 0. The molecular formula is C16H22N4O. The molecule has 1 amide bonds. The number of anilines is 1. The monoisotopic (exact) mass is 286 g/mol. The van der Waals surface area contributed by atoms with Crippen LogP contribution in [-0.4, -0.2) is 28.8 Å². The van der Waals surface area contributed by atoms with Gasteiger partial charge in [-0.1, -0.05) is 6.92 Å². The minimum Gasteiger partial charge on any atom is -0.326 e. The lowest BCUT2D eigenvalue weighted by Gasteiger charge is -2.31. The average molecular weight is 286 g/mol. The number of fused-ring (bicyclic) bond motifs is 1. The SMILES string of the molecule is CC(C(=O)Nc1ccc2nn(C(C)C)cc2c1)C1CNC1. The van der Waals surface area contributed by atoms with E-state index >= 15 is 0 Å². The summed E-state index contributed by atoms with van der Waals surface area (Å²) in [5, 5.41) is 11.8. The Kier molecular flexibility index (Phi) is 3.68. The topological polar surface area (TPSA) is 59.0 Å². The first-order chi connectivity index (χ1) is 10.0. The standard InChI is InChI=1S/C16H22N4O/c1-10(2)20-9-12-6-14(4-5-15(12)19-20)18-16(21)11(3)13-7-17-8-13/h4-6,9-11,13,17H,7-8H2,1-3H3,(H,18,21). The van der Waals surface area contributed by atoms with Crippen LogP contribution in [0.1, 0.15) is 26.8 Å². The number of nitrogens with one attached hydrogen (secondary N) is 2. The first-order valence-electron chi connectivity index (χ1n) is 7.55. The smallest absolute Gasteiger partial charge is 0.227 e. The molecule has 2 heterocycles. The lowest BCUT2D eigenvalue weighted by molar-refractivity contribution is -0.121. The molecule has 1 aromatic carbocycles. The van der Waals surface area contributed by atoms with Gasteiger partial charge in [0.15, 0.2) is 0 Å². The van der Waals surface area contributed by atoms with Crippen LogP contribution in [0.2, 0.25) is 0 Å². The Balaban J connectivity index is 1.75. The Hall–Kier alpha value is -1.88. The molecule has 0 aliphatic carbocycles. The van der Waals surface area contributed by atoms with Crippen molar-refractivity contribution in [2.75, 3.05) is 18.4 Å². The predicted octanol–water partition coefficient (Wildman–Crippen LogP) is 2.41. The molecule has 1 fully saturated rings. The molecular weight excluding hydrogens is 264 g/mol. The van der Waals surface area contributed by atoms with Crippen LogP contribution >= 0.6 is 0 Å². The van der Waals surface area contributed by atoms with Crippen LogP contribution in [-0.2, 0) is 4.79 Å². The average Bonchev–Trinajstić information content (AvgIpc) is 2.79. The van der Waals surface area contributed by atoms with Crippen LogP contribution in [0.4, 0.5) is 5.69 Å². The van der Waals surface area contributed by atoms with Gasteiger partial charge in [-0.3, -0.25) is 9.48 Å². The number of amides is 1. The zero-order valence-electron chi connectivity index (χ0n) is 12.8. The van der Waals surface area contributed by atoms with Crippen LogP contribution < -0.4 is 10.6 Å². The second-order valence-electron chi connectivity index (χ2n) is 6.17. The number of hydrogen-bond acceptors (Lipinski definition) is 3. The van der Waals surface area contributed by atoms with Gasteiger partial charge in [-0.25, -0.2) is 0 Å². The van der Waals surface area contributed by atoms with Crippen LogP contribution in [0, 0.1) is 11.8 Å². The molecule has 1 aliphatic heterocycles. The molecule has 2 aromatic rings. The van der Waals surface area contributed by atoms with Gasteiger partial charge in [0.25, 0.3) is 0 Å². The lowest BCUT2D eigenvalue weighted by atomic mass is 9.88. The molecule has 1 saturated heterocycles. The summed E-state index contributed by atoms with van der Waals surface area (Å²) in [6.07, 6.45) is 2.02. The third-order valence-electron chi connectivity index (χ3n) is 4.25. The highest BCUT2D eigenvalue weighted by Gasteiger charge is 2.28. The Bertz CT molecular complexity index is 657. The van der Waals surface area contributed by atoms with Gasteiger partial charge in [-0.2, -0.15) is 5.10 Å². The van der Waals surface area contributed by atoms with Crippen molar-refractivity contribution in [3.8, 4) is 0 Å². The van der Waals surface area contributed by atoms with E-state index in [4.69, 9.17) is 0 Å². The van der Waals surface area contributed by atoms with Gasteiger partial charge in [-0.15, -0.1) is 0 Å². The largest absolute Gasteiger partial charge is 0.326 e. The highest BCUT2D eigenvalue weighted by Crippen LogP contribution is 2.22. The summed E-state index contributed by atoms with van der Waals surface area (Å²) in [5.74, 6) is 0.592. The minimum atomic E-state index is 0.0420. The summed E-state index contributed by atoms with van der Waals surface area (Å²) in [7, 11) is 0. The fourth-order valence-corrected chi connectivity index (χ4v) is 2.52. The fraction of sp³-hybridized carbons (Fsp3) is 0.500. The highest BCUT2D eigenvalue weighted by atomic mass is 16.1. The Morgan fingerprint density at radius 1 is 1.38 bits per heavy atom. The molecule has 3 rings (SSSR count).